The third-order valence-electron chi connectivity index (χ3n) is 3.72. The Balaban J connectivity index is 1.70. The van der Waals surface area contributed by atoms with E-state index < -0.39 is 0 Å². The Hall–Kier alpha value is -3.22. The van der Waals surface area contributed by atoms with Crippen LogP contribution in [-0.4, -0.2) is 32.3 Å². The molecule has 2 amide bonds. The van der Waals surface area contributed by atoms with Gasteiger partial charge < -0.3 is 24.4 Å². The van der Waals surface area contributed by atoms with Crippen molar-refractivity contribution in [3.8, 4) is 17.2 Å². The van der Waals surface area contributed by atoms with Crippen LogP contribution >= 0.6 is 0 Å². The number of carbonyl (C=O) groups excluding carboxylic acids is 2. The molecule has 1 aliphatic heterocycles. The van der Waals surface area contributed by atoms with Crippen LogP contribution in [0, 0.1) is 0 Å². The zero-order valence-corrected chi connectivity index (χ0v) is 13.9. The van der Waals surface area contributed by atoms with Gasteiger partial charge in [0, 0.05) is 24.4 Å². The van der Waals surface area contributed by atoms with Gasteiger partial charge in [-0.3, -0.25) is 9.59 Å². The summed E-state index contributed by atoms with van der Waals surface area (Å²) in [5, 5.41) is 2.76. The molecular weight excluding hydrogens is 324 g/mol. The minimum Gasteiger partial charge on any atom is -0.497 e. The van der Waals surface area contributed by atoms with Crippen molar-refractivity contribution in [2.24, 2.45) is 0 Å². The molecule has 0 spiro atoms. The van der Waals surface area contributed by atoms with Crippen LogP contribution in [0.2, 0.25) is 0 Å². The number of nitrogens with one attached hydrogen (secondary N) is 1. The van der Waals surface area contributed by atoms with Gasteiger partial charge in [0.1, 0.15) is 12.3 Å². The van der Waals surface area contributed by atoms with Crippen molar-refractivity contribution in [1.82, 2.24) is 0 Å². The second-order valence-electron chi connectivity index (χ2n) is 5.42. The first kappa shape index (κ1) is 16.6. The van der Waals surface area contributed by atoms with Crippen LogP contribution in [0.5, 0.6) is 17.2 Å². The zero-order valence-electron chi connectivity index (χ0n) is 13.9. The van der Waals surface area contributed by atoms with E-state index in [9.17, 15) is 9.59 Å². The Bertz CT molecular complexity index is 789. The predicted octanol–water partition coefficient (Wildman–Crippen LogP) is 2.42. The van der Waals surface area contributed by atoms with Crippen molar-refractivity contribution in [1.29, 1.82) is 0 Å². The smallest absolute Gasteiger partial charge is 0.244 e. The highest BCUT2D eigenvalue weighted by Crippen LogP contribution is 2.35. The molecule has 7 heteroatoms. The van der Waals surface area contributed by atoms with Crippen LogP contribution in [0.3, 0.4) is 0 Å². The standard InChI is InChI=1S/C18H18N2O5/c1-12(21)20(14-5-8-16-17(9-14)25-11-24-16)10-18(22)19-13-3-6-15(23-2)7-4-13/h3-9H,10-11H2,1-2H3,(H,19,22). The van der Waals surface area contributed by atoms with Gasteiger partial charge in [0.25, 0.3) is 0 Å². The predicted molar refractivity (Wildman–Crippen MR) is 92.2 cm³/mol. The highest BCUT2D eigenvalue weighted by molar-refractivity contribution is 6.02. The molecule has 0 aromatic heterocycles. The van der Waals surface area contributed by atoms with Crippen molar-refractivity contribution >= 4 is 23.2 Å². The molecule has 0 bridgehead atoms. The molecule has 0 atom stereocenters. The summed E-state index contributed by atoms with van der Waals surface area (Å²) in [6.07, 6.45) is 0. The van der Waals surface area contributed by atoms with E-state index in [0.717, 1.165) is 0 Å². The van der Waals surface area contributed by atoms with E-state index in [1.807, 2.05) is 0 Å². The number of hydrogen-bond donors (Lipinski definition) is 1. The van der Waals surface area contributed by atoms with Gasteiger partial charge in [0.05, 0.1) is 7.11 Å². The van der Waals surface area contributed by atoms with Crippen molar-refractivity contribution in [2.75, 3.05) is 30.7 Å². The first-order chi connectivity index (χ1) is 12.1. The highest BCUT2D eigenvalue weighted by Gasteiger charge is 2.20. The summed E-state index contributed by atoms with van der Waals surface area (Å²) in [6.45, 7) is 1.45. The number of anilines is 2. The lowest BCUT2D eigenvalue weighted by atomic mass is 10.2. The fourth-order valence-corrected chi connectivity index (χ4v) is 2.46. The normalized spacial score (nSPS) is 11.8. The molecule has 1 N–H and O–H groups in total. The lowest BCUT2D eigenvalue weighted by Crippen LogP contribution is -2.36. The number of fused-ring (bicyclic) bond motifs is 1. The lowest BCUT2D eigenvalue weighted by molar-refractivity contribution is -0.120. The monoisotopic (exact) mass is 342 g/mol. The zero-order chi connectivity index (χ0) is 17.8. The van der Waals surface area contributed by atoms with Gasteiger partial charge in [0.2, 0.25) is 18.6 Å². The Morgan fingerprint density at radius 2 is 1.84 bits per heavy atom. The molecule has 130 valence electrons. The fraction of sp³-hybridized carbons (Fsp3) is 0.222. The van der Waals surface area contributed by atoms with Crippen molar-refractivity contribution in [2.45, 2.75) is 6.92 Å². The summed E-state index contributed by atoms with van der Waals surface area (Å²) in [4.78, 5) is 25.6. The lowest BCUT2D eigenvalue weighted by Gasteiger charge is -2.21. The first-order valence-electron chi connectivity index (χ1n) is 7.68. The minimum atomic E-state index is -0.307. The van der Waals surface area contributed by atoms with Gasteiger partial charge in [-0.2, -0.15) is 0 Å². The van der Waals surface area contributed by atoms with Gasteiger partial charge in [-0.05, 0) is 36.4 Å². The molecule has 2 aromatic rings. The summed E-state index contributed by atoms with van der Waals surface area (Å²) in [6, 6.07) is 12.1. The Morgan fingerprint density at radius 1 is 1.12 bits per heavy atom. The third-order valence-corrected chi connectivity index (χ3v) is 3.72. The van der Waals surface area contributed by atoms with Crippen molar-refractivity contribution in [3.63, 3.8) is 0 Å². The molecule has 0 unspecified atom stereocenters. The number of methoxy groups -OCH3 is 1. The average Bonchev–Trinajstić information content (AvgIpc) is 3.07. The maximum atomic E-state index is 12.3. The molecule has 3 rings (SSSR count). The van der Waals surface area contributed by atoms with Crippen molar-refractivity contribution in [3.05, 3.63) is 42.5 Å². The number of rotatable bonds is 5. The molecule has 7 nitrogen and oxygen atoms in total. The summed E-state index contributed by atoms with van der Waals surface area (Å²) >= 11 is 0. The molecule has 0 fully saturated rings. The van der Waals surface area contributed by atoms with E-state index in [1.54, 1.807) is 49.6 Å². The van der Waals surface area contributed by atoms with Crippen molar-refractivity contribution < 1.29 is 23.8 Å². The fourth-order valence-electron chi connectivity index (χ4n) is 2.46. The van der Waals surface area contributed by atoms with Gasteiger partial charge in [-0.15, -0.1) is 0 Å². The van der Waals surface area contributed by atoms with Crippen LogP contribution in [-0.2, 0) is 9.59 Å². The molecule has 2 aromatic carbocycles. The van der Waals surface area contributed by atoms with E-state index in [1.165, 1.54) is 11.8 Å². The summed E-state index contributed by atoms with van der Waals surface area (Å²) in [7, 11) is 1.57. The Labute approximate surface area is 145 Å². The van der Waals surface area contributed by atoms with Gasteiger partial charge in [0.15, 0.2) is 11.5 Å². The number of nitrogens with zero attached hydrogens (tertiary/aromatic N) is 1. The van der Waals surface area contributed by atoms with Crippen LogP contribution in [0.15, 0.2) is 42.5 Å². The summed E-state index contributed by atoms with van der Waals surface area (Å²) < 4.78 is 15.7. The van der Waals surface area contributed by atoms with E-state index >= 15 is 0 Å². The molecule has 0 aliphatic carbocycles. The van der Waals surface area contributed by atoms with Gasteiger partial charge in [-0.25, -0.2) is 0 Å². The number of benzene rings is 2. The number of ether oxygens (including phenoxy) is 3. The number of amides is 2. The summed E-state index contributed by atoms with van der Waals surface area (Å²) in [5.41, 5.74) is 1.20. The Morgan fingerprint density at radius 3 is 2.52 bits per heavy atom. The SMILES string of the molecule is COc1ccc(NC(=O)CN(C(C)=O)c2ccc3c(c2)OCO3)cc1. The largest absolute Gasteiger partial charge is 0.497 e. The second-order valence-corrected chi connectivity index (χ2v) is 5.42. The van der Waals surface area contributed by atoms with E-state index in [2.05, 4.69) is 5.32 Å². The average molecular weight is 342 g/mol. The highest BCUT2D eigenvalue weighted by atomic mass is 16.7. The van der Waals surface area contributed by atoms with E-state index in [-0.39, 0.29) is 25.2 Å². The maximum Gasteiger partial charge on any atom is 0.244 e. The second kappa shape index (κ2) is 7.12. The van der Waals surface area contributed by atoms with Crippen LogP contribution in [0.4, 0.5) is 11.4 Å². The first-order valence-corrected chi connectivity index (χ1v) is 7.68. The molecule has 25 heavy (non-hydrogen) atoms. The van der Waals surface area contributed by atoms with Gasteiger partial charge in [-0.1, -0.05) is 0 Å². The molecule has 1 aliphatic rings. The van der Waals surface area contributed by atoms with Crippen LogP contribution in [0.1, 0.15) is 6.92 Å². The number of carbonyl (C=O) groups is 2. The topological polar surface area (TPSA) is 77.1 Å². The van der Waals surface area contributed by atoms with Crippen LogP contribution in [0.25, 0.3) is 0 Å². The molecule has 0 radical (unpaired) electrons. The van der Waals surface area contributed by atoms with E-state index in [0.29, 0.717) is 28.6 Å². The Kier molecular flexibility index (Phi) is 4.74. The molecule has 0 saturated carbocycles. The molecule has 1 heterocycles. The maximum absolute atomic E-state index is 12.3. The quantitative estimate of drug-likeness (QED) is 0.903. The van der Waals surface area contributed by atoms with Crippen LogP contribution < -0.4 is 24.4 Å². The van der Waals surface area contributed by atoms with Gasteiger partial charge >= 0.3 is 0 Å². The summed E-state index contributed by atoms with van der Waals surface area (Å²) in [5.74, 6) is 1.32. The molecule has 0 saturated heterocycles. The van der Waals surface area contributed by atoms with E-state index in [4.69, 9.17) is 14.2 Å². The molecular formula is C18H18N2O5. The number of hydrogen-bond acceptors (Lipinski definition) is 5. The third kappa shape index (κ3) is 3.82. The minimum absolute atomic E-state index is 0.110.